The van der Waals surface area contributed by atoms with Crippen molar-refractivity contribution in [1.82, 2.24) is 0 Å². The number of aliphatic carboxylic acids is 1. The Balaban J connectivity index is 2.56. The Hall–Kier alpha value is -1.64. The third-order valence-corrected chi connectivity index (χ3v) is 3.92. The lowest BCUT2D eigenvalue weighted by atomic mass is 9.82. The van der Waals surface area contributed by atoms with E-state index in [0.717, 1.165) is 12.0 Å². The molecule has 0 heterocycles. The van der Waals surface area contributed by atoms with Gasteiger partial charge in [-0.25, -0.2) is 0 Å². The van der Waals surface area contributed by atoms with Crippen molar-refractivity contribution in [2.45, 2.75) is 58.3 Å². The largest absolute Gasteiger partial charge is 0.481 e. The van der Waals surface area contributed by atoms with E-state index >= 15 is 0 Å². The number of ketones is 1. The Morgan fingerprint density at radius 1 is 1.05 bits per heavy atom. The van der Waals surface area contributed by atoms with E-state index in [1.54, 1.807) is 0 Å². The summed E-state index contributed by atoms with van der Waals surface area (Å²) in [5, 5.41) is 8.54. The van der Waals surface area contributed by atoms with E-state index < -0.39 is 5.97 Å². The molecule has 0 spiro atoms. The molecular weight excluding hydrogens is 252 g/mol. The van der Waals surface area contributed by atoms with Crippen LogP contribution in [-0.2, 0) is 10.2 Å². The highest BCUT2D eigenvalue weighted by atomic mass is 16.4. The summed E-state index contributed by atoms with van der Waals surface area (Å²) in [4.78, 5) is 22.4. The van der Waals surface area contributed by atoms with Gasteiger partial charge in [0.2, 0.25) is 0 Å². The van der Waals surface area contributed by atoms with E-state index in [2.05, 4.69) is 20.8 Å². The molecule has 0 atom stereocenters. The summed E-state index contributed by atoms with van der Waals surface area (Å²) >= 11 is 0. The predicted molar refractivity (Wildman–Crippen MR) is 80.2 cm³/mol. The van der Waals surface area contributed by atoms with Crippen LogP contribution in [0, 0.1) is 0 Å². The average Bonchev–Trinajstić information content (AvgIpc) is 2.43. The molecule has 3 heteroatoms. The van der Waals surface area contributed by atoms with Gasteiger partial charge >= 0.3 is 5.97 Å². The van der Waals surface area contributed by atoms with Crippen molar-refractivity contribution in [3.63, 3.8) is 0 Å². The monoisotopic (exact) mass is 276 g/mol. The van der Waals surface area contributed by atoms with E-state index in [0.29, 0.717) is 19.3 Å². The van der Waals surface area contributed by atoms with E-state index in [9.17, 15) is 9.59 Å². The van der Waals surface area contributed by atoms with E-state index in [4.69, 9.17) is 5.11 Å². The molecule has 0 amide bonds. The molecule has 110 valence electrons. The number of carbonyl (C=O) groups excluding carboxylic acids is 1. The lowest BCUT2D eigenvalue weighted by Gasteiger charge is -2.23. The summed E-state index contributed by atoms with van der Waals surface area (Å²) in [5.41, 5.74) is 2.08. The SMILES string of the molecule is CCC(C)(C)c1ccc(C(=O)CCCCC(=O)O)cc1. The first-order valence-electron chi connectivity index (χ1n) is 7.22. The van der Waals surface area contributed by atoms with Gasteiger partial charge in [-0.3, -0.25) is 9.59 Å². The summed E-state index contributed by atoms with van der Waals surface area (Å²) in [7, 11) is 0. The maximum atomic E-state index is 12.0. The lowest BCUT2D eigenvalue weighted by molar-refractivity contribution is -0.137. The summed E-state index contributed by atoms with van der Waals surface area (Å²) in [6, 6.07) is 7.81. The molecule has 20 heavy (non-hydrogen) atoms. The summed E-state index contributed by atoms with van der Waals surface area (Å²) < 4.78 is 0. The Morgan fingerprint density at radius 3 is 2.10 bits per heavy atom. The standard InChI is InChI=1S/C17H24O3/c1-4-17(2,3)14-11-9-13(10-12-14)15(18)7-5-6-8-16(19)20/h9-12H,4-8H2,1-3H3,(H,19,20). The minimum absolute atomic E-state index is 0.0937. The molecule has 0 aromatic heterocycles. The molecule has 1 aromatic carbocycles. The highest BCUT2D eigenvalue weighted by molar-refractivity contribution is 5.96. The zero-order chi connectivity index (χ0) is 15.2. The van der Waals surface area contributed by atoms with Gasteiger partial charge in [-0.1, -0.05) is 45.0 Å². The van der Waals surface area contributed by atoms with Gasteiger partial charge < -0.3 is 5.11 Å². The smallest absolute Gasteiger partial charge is 0.303 e. The average molecular weight is 276 g/mol. The third kappa shape index (κ3) is 4.80. The fraction of sp³-hybridized carbons (Fsp3) is 0.529. The molecule has 1 N–H and O–H groups in total. The maximum absolute atomic E-state index is 12.0. The topological polar surface area (TPSA) is 54.4 Å². The van der Waals surface area contributed by atoms with Crippen LogP contribution in [0.15, 0.2) is 24.3 Å². The summed E-state index contributed by atoms with van der Waals surface area (Å²) in [5.74, 6) is -0.708. The third-order valence-electron chi connectivity index (χ3n) is 3.92. The zero-order valence-electron chi connectivity index (χ0n) is 12.6. The number of carbonyl (C=O) groups is 2. The van der Waals surface area contributed by atoms with Gasteiger partial charge in [0.1, 0.15) is 0 Å². The van der Waals surface area contributed by atoms with E-state index in [-0.39, 0.29) is 17.6 Å². The van der Waals surface area contributed by atoms with Crippen LogP contribution in [0.25, 0.3) is 0 Å². The molecule has 0 saturated carbocycles. The number of Topliss-reactive ketones (excluding diaryl/α,β-unsaturated/α-hetero) is 1. The number of carboxylic acid groups (broad SMARTS) is 1. The van der Waals surface area contributed by atoms with E-state index in [1.165, 1.54) is 5.56 Å². The number of carboxylic acids is 1. The minimum Gasteiger partial charge on any atom is -0.481 e. The molecular formula is C17H24O3. The van der Waals surface area contributed by atoms with Crippen LogP contribution in [0.3, 0.4) is 0 Å². The normalized spacial score (nSPS) is 11.3. The van der Waals surface area contributed by atoms with Crippen molar-refractivity contribution >= 4 is 11.8 Å². The quantitative estimate of drug-likeness (QED) is 0.572. The summed E-state index contributed by atoms with van der Waals surface area (Å²) in [6.07, 6.45) is 2.80. The van der Waals surface area contributed by atoms with Crippen LogP contribution in [0.2, 0.25) is 0 Å². The van der Waals surface area contributed by atoms with Gasteiger partial charge in [0.25, 0.3) is 0 Å². The molecule has 1 aromatic rings. The van der Waals surface area contributed by atoms with Crippen molar-refractivity contribution < 1.29 is 14.7 Å². The number of rotatable bonds is 8. The second-order valence-electron chi connectivity index (χ2n) is 5.84. The molecule has 0 unspecified atom stereocenters. The predicted octanol–water partition coefficient (Wildman–Crippen LogP) is 4.20. The van der Waals surface area contributed by atoms with Gasteiger partial charge in [0, 0.05) is 18.4 Å². The van der Waals surface area contributed by atoms with Crippen LogP contribution in [0.4, 0.5) is 0 Å². The highest BCUT2D eigenvalue weighted by Gasteiger charge is 2.18. The van der Waals surface area contributed by atoms with Gasteiger partial charge in [0.05, 0.1) is 0 Å². The van der Waals surface area contributed by atoms with Crippen LogP contribution >= 0.6 is 0 Å². The molecule has 3 nitrogen and oxygen atoms in total. The van der Waals surface area contributed by atoms with Crippen LogP contribution in [0.1, 0.15) is 68.8 Å². The van der Waals surface area contributed by atoms with E-state index in [1.807, 2.05) is 24.3 Å². The Bertz CT molecular complexity index is 458. The molecule has 0 fully saturated rings. The number of benzene rings is 1. The fourth-order valence-corrected chi connectivity index (χ4v) is 2.02. The molecule has 1 rings (SSSR count). The van der Waals surface area contributed by atoms with Crippen molar-refractivity contribution in [3.8, 4) is 0 Å². The Morgan fingerprint density at radius 2 is 1.60 bits per heavy atom. The molecule has 0 bridgehead atoms. The maximum Gasteiger partial charge on any atom is 0.303 e. The molecule has 0 radical (unpaired) electrons. The van der Waals surface area contributed by atoms with Crippen molar-refractivity contribution in [2.75, 3.05) is 0 Å². The van der Waals surface area contributed by atoms with Gasteiger partial charge in [-0.05, 0) is 30.2 Å². The lowest BCUT2D eigenvalue weighted by Crippen LogP contribution is -2.15. The number of hydrogen-bond donors (Lipinski definition) is 1. The number of hydrogen-bond acceptors (Lipinski definition) is 2. The van der Waals surface area contributed by atoms with Gasteiger partial charge in [-0.2, -0.15) is 0 Å². The Labute approximate surface area is 121 Å². The van der Waals surface area contributed by atoms with Crippen LogP contribution in [-0.4, -0.2) is 16.9 Å². The fourth-order valence-electron chi connectivity index (χ4n) is 2.02. The number of unbranched alkanes of at least 4 members (excludes halogenated alkanes) is 1. The van der Waals surface area contributed by atoms with Crippen LogP contribution in [0.5, 0.6) is 0 Å². The first kappa shape index (κ1) is 16.4. The molecule has 0 aliphatic heterocycles. The van der Waals surface area contributed by atoms with Gasteiger partial charge in [0.15, 0.2) is 5.78 Å². The van der Waals surface area contributed by atoms with Crippen molar-refractivity contribution in [2.24, 2.45) is 0 Å². The van der Waals surface area contributed by atoms with Crippen molar-refractivity contribution in [1.29, 1.82) is 0 Å². The zero-order valence-corrected chi connectivity index (χ0v) is 12.6. The second-order valence-corrected chi connectivity index (χ2v) is 5.84. The minimum atomic E-state index is -0.802. The summed E-state index contributed by atoms with van der Waals surface area (Å²) in [6.45, 7) is 6.53. The van der Waals surface area contributed by atoms with Crippen LogP contribution < -0.4 is 0 Å². The highest BCUT2D eigenvalue weighted by Crippen LogP contribution is 2.26. The van der Waals surface area contributed by atoms with Gasteiger partial charge in [-0.15, -0.1) is 0 Å². The second kappa shape index (κ2) is 7.22. The van der Waals surface area contributed by atoms with Crippen molar-refractivity contribution in [3.05, 3.63) is 35.4 Å². The molecule has 0 saturated heterocycles. The first-order chi connectivity index (χ1) is 9.36. The molecule has 0 aliphatic carbocycles. The Kier molecular flexibility index (Phi) is 5.93. The molecule has 0 aliphatic rings. The first-order valence-corrected chi connectivity index (χ1v) is 7.22.